The summed E-state index contributed by atoms with van der Waals surface area (Å²) < 4.78 is 38.2. The third-order valence-corrected chi connectivity index (χ3v) is 6.47. The SMILES string of the molecule is CN=C(NCCS(=O)(=O)NCC1CCCCO1)NC1CC2CCC1O2.I. The predicted octanol–water partition coefficient (Wildman–Crippen LogP) is 0.578. The average Bonchev–Trinajstić information content (AvgIpc) is 3.23. The lowest BCUT2D eigenvalue weighted by Crippen LogP contribution is -2.48. The first kappa shape index (κ1) is 22.1. The second kappa shape index (κ2) is 10.4. The fraction of sp³-hybridized carbons (Fsp3) is 0.938. The zero-order valence-corrected chi connectivity index (χ0v) is 18.4. The zero-order valence-electron chi connectivity index (χ0n) is 15.3. The van der Waals surface area contributed by atoms with E-state index < -0.39 is 10.0 Å². The van der Waals surface area contributed by atoms with E-state index in [9.17, 15) is 8.42 Å². The van der Waals surface area contributed by atoms with E-state index in [4.69, 9.17) is 9.47 Å². The van der Waals surface area contributed by atoms with Gasteiger partial charge >= 0.3 is 0 Å². The molecule has 0 aliphatic carbocycles. The standard InChI is InChI=1S/C16H30N4O4S.HI/c1-17-16(20-14-10-12-5-6-15(14)24-12)18-7-9-25(21,22)19-11-13-4-2-3-8-23-13;/h12-15,19H,2-11H2,1H3,(H2,17,18,20);1H. The Balaban J connectivity index is 0.00000243. The van der Waals surface area contributed by atoms with Crippen molar-refractivity contribution in [2.24, 2.45) is 4.99 Å². The fourth-order valence-corrected chi connectivity index (χ4v) is 4.68. The van der Waals surface area contributed by atoms with Gasteiger partial charge in [0.15, 0.2) is 5.96 Å². The average molecular weight is 502 g/mol. The predicted molar refractivity (Wildman–Crippen MR) is 112 cm³/mol. The highest BCUT2D eigenvalue weighted by molar-refractivity contribution is 14.0. The van der Waals surface area contributed by atoms with Gasteiger partial charge in [0.05, 0.1) is 30.1 Å². The molecule has 3 rings (SSSR count). The summed E-state index contributed by atoms with van der Waals surface area (Å²) in [6.07, 6.45) is 6.93. The molecule has 0 radical (unpaired) electrons. The molecule has 0 amide bonds. The molecule has 3 aliphatic heterocycles. The first-order chi connectivity index (χ1) is 12.1. The smallest absolute Gasteiger partial charge is 0.213 e. The molecule has 3 heterocycles. The summed E-state index contributed by atoms with van der Waals surface area (Å²) in [6.45, 7) is 1.39. The Hall–Kier alpha value is -0.170. The van der Waals surface area contributed by atoms with Crippen LogP contribution in [0.5, 0.6) is 0 Å². The molecule has 152 valence electrons. The van der Waals surface area contributed by atoms with Crippen LogP contribution in [-0.2, 0) is 19.5 Å². The van der Waals surface area contributed by atoms with Crippen molar-refractivity contribution in [1.29, 1.82) is 0 Å². The van der Waals surface area contributed by atoms with Crippen LogP contribution in [0.3, 0.4) is 0 Å². The van der Waals surface area contributed by atoms with Crippen molar-refractivity contribution in [1.82, 2.24) is 15.4 Å². The fourth-order valence-electron chi connectivity index (χ4n) is 3.72. The van der Waals surface area contributed by atoms with Gasteiger partial charge in [0.25, 0.3) is 0 Å². The summed E-state index contributed by atoms with van der Waals surface area (Å²) >= 11 is 0. The Labute approximate surface area is 173 Å². The van der Waals surface area contributed by atoms with Crippen LogP contribution in [-0.4, -0.2) is 71.2 Å². The molecule has 4 unspecified atom stereocenters. The van der Waals surface area contributed by atoms with Crippen LogP contribution in [0.4, 0.5) is 0 Å². The number of hydrogen-bond donors (Lipinski definition) is 3. The van der Waals surface area contributed by atoms with Crippen LogP contribution in [0.25, 0.3) is 0 Å². The van der Waals surface area contributed by atoms with E-state index in [-0.39, 0.29) is 48.0 Å². The highest BCUT2D eigenvalue weighted by Crippen LogP contribution is 2.34. The molecule has 0 aromatic carbocycles. The minimum absolute atomic E-state index is 0. The molecular weight excluding hydrogens is 471 g/mol. The Kier molecular flexibility index (Phi) is 8.84. The second-order valence-corrected chi connectivity index (χ2v) is 8.94. The van der Waals surface area contributed by atoms with Crippen LogP contribution in [0, 0.1) is 0 Å². The first-order valence-corrected chi connectivity index (χ1v) is 10.9. The number of nitrogens with zero attached hydrogens (tertiary/aromatic N) is 1. The molecule has 10 heteroatoms. The van der Waals surface area contributed by atoms with Gasteiger partial charge < -0.3 is 20.1 Å². The minimum atomic E-state index is -3.32. The van der Waals surface area contributed by atoms with E-state index in [1.165, 1.54) is 0 Å². The van der Waals surface area contributed by atoms with Crippen molar-refractivity contribution in [2.75, 3.05) is 32.5 Å². The number of rotatable bonds is 7. The highest BCUT2D eigenvalue weighted by Gasteiger charge is 2.41. The largest absolute Gasteiger partial charge is 0.377 e. The first-order valence-electron chi connectivity index (χ1n) is 9.27. The van der Waals surface area contributed by atoms with Crippen molar-refractivity contribution in [3.05, 3.63) is 0 Å². The molecule has 4 atom stereocenters. The number of nitrogens with one attached hydrogen (secondary N) is 3. The molecule has 3 fully saturated rings. The van der Waals surface area contributed by atoms with Crippen LogP contribution in [0.2, 0.25) is 0 Å². The molecule has 3 N–H and O–H groups in total. The van der Waals surface area contributed by atoms with E-state index in [0.29, 0.717) is 25.2 Å². The van der Waals surface area contributed by atoms with Gasteiger partial charge in [-0.05, 0) is 38.5 Å². The Morgan fingerprint density at radius 1 is 1.23 bits per heavy atom. The number of ether oxygens (including phenoxy) is 2. The molecule has 26 heavy (non-hydrogen) atoms. The maximum absolute atomic E-state index is 12.1. The molecule has 0 aromatic heterocycles. The van der Waals surface area contributed by atoms with Gasteiger partial charge in [0.1, 0.15) is 0 Å². The molecule has 0 aromatic rings. The van der Waals surface area contributed by atoms with Crippen LogP contribution < -0.4 is 15.4 Å². The number of hydrogen-bond acceptors (Lipinski definition) is 5. The summed E-state index contributed by atoms with van der Waals surface area (Å²) in [5.41, 5.74) is 0. The number of halogens is 1. The highest BCUT2D eigenvalue weighted by atomic mass is 127. The summed E-state index contributed by atoms with van der Waals surface area (Å²) in [5.74, 6) is 0.639. The lowest BCUT2D eigenvalue weighted by Gasteiger charge is -2.23. The number of aliphatic imine (C=N–C) groups is 1. The van der Waals surface area contributed by atoms with Crippen LogP contribution in [0.15, 0.2) is 4.99 Å². The molecule has 0 spiro atoms. The van der Waals surface area contributed by atoms with E-state index >= 15 is 0 Å². The van der Waals surface area contributed by atoms with E-state index in [1.54, 1.807) is 7.05 Å². The summed E-state index contributed by atoms with van der Waals surface area (Å²) in [7, 11) is -1.63. The molecule has 0 saturated carbocycles. The van der Waals surface area contributed by atoms with E-state index in [2.05, 4.69) is 20.3 Å². The second-order valence-electron chi connectivity index (χ2n) is 7.02. The Morgan fingerprint density at radius 3 is 2.69 bits per heavy atom. The quantitative estimate of drug-likeness (QED) is 0.268. The lowest BCUT2D eigenvalue weighted by molar-refractivity contribution is 0.0200. The van der Waals surface area contributed by atoms with Crippen molar-refractivity contribution in [2.45, 2.75) is 62.9 Å². The van der Waals surface area contributed by atoms with E-state index in [1.807, 2.05) is 0 Å². The molecule has 3 saturated heterocycles. The molecule has 2 bridgehead atoms. The number of sulfonamides is 1. The van der Waals surface area contributed by atoms with Gasteiger partial charge in [0, 0.05) is 26.7 Å². The third-order valence-electron chi connectivity index (χ3n) is 5.12. The van der Waals surface area contributed by atoms with Crippen LogP contribution in [0.1, 0.15) is 38.5 Å². The van der Waals surface area contributed by atoms with Gasteiger partial charge in [-0.3, -0.25) is 4.99 Å². The van der Waals surface area contributed by atoms with Crippen LogP contribution >= 0.6 is 24.0 Å². The van der Waals surface area contributed by atoms with Gasteiger partial charge in [-0.25, -0.2) is 13.1 Å². The maximum Gasteiger partial charge on any atom is 0.213 e. The van der Waals surface area contributed by atoms with Gasteiger partial charge in [0.2, 0.25) is 10.0 Å². The molecule has 8 nitrogen and oxygen atoms in total. The van der Waals surface area contributed by atoms with E-state index in [0.717, 1.165) is 45.1 Å². The molecule has 3 aliphatic rings. The van der Waals surface area contributed by atoms with Crippen molar-refractivity contribution in [3.63, 3.8) is 0 Å². The van der Waals surface area contributed by atoms with Crippen molar-refractivity contribution < 1.29 is 17.9 Å². The van der Waals surface area contributed by atoms with Crippen molar-refractivity contribution in [3.8, 4) is 0 Å². The Bertz CT molecular complexity index is 569. The monoisotopic (exact) mass is 502 g/mol. The third kappa shape index (κ3) is 6.47. The maximum atomic E-state index is 12.1. The summed E-state index contributed by atoms with van der Waals surface area (Å²) in [5, 5.41) is 6.43. The Morgan fingerprint density at radius 2 is 2.08 bits per heavy atom. The topological polar surface area (TPSA) is 101 Å². The normalized spacial score (nSPS) is 31.5. The zero-order chi connectivity index (χ0) is 17.7. The van der Waals surface area contributed by atoms with Gasteiger partial charge in [-0.1, -0.05) is 0 Å². The minimum Gasteiger partial charge on any atom is -0.377 e. The number of fused-ring (bicyclic) bond motifs is 2. The summed E-state index contributed by atoms with van der Waals surface area (Å²) in [6, 6.07) is 0.267. The summed E-state index contributed by atoms with van der Waals surface area (Å²) in [4.78, 5) is 4.18. The molecular formula is C16H31IN4O4S. The van der Waals surface area contributed by atoms with Gasteiger partial charge in [-0.15, -0.1) is 24.0 Å². The number of guanidine groups is 1. The van der Waals surface area contributed by atoms with Crippen molar-refractivity contribution >= 4 is 40.0 Å². The lowest BCUT2D eigenvalue weighted by atomic mass is 9.96. The van der Waals surface area contributed by atoms with Gasteiger partial charge in [-0.2, -0.15) is 0 Å².